The summed E-state index contributed by atoms with van der Waals surface area (Å²) in [6.45, 7) is 7.22. The quantitative estimate of drug-likeness (QED) is 0.318. The molecule has 1 aliphatic heterocycles. The number of aromatic nitrogens is 1. The Bertz CT molecular complexity index is 856. The van der Waals surface area contributed by atoms with Crippen molar-refractivity contribution in [3.63, 3.8) is 0 Å². The van der Waals surface area contributed by atoms with Crippen LogP contribution in [-0.2, 0) is 6.54 Å². The number of likely N-dealkylation sites (N-methyl/N-ethyl adjacent to an activating group) is 1. The van der Waals surface area contributed by atoms with Crippen LogP contribution < -0.4 is 25.0 Å². The number of piperazine rings is 1. The molecule has 1 aliphatic rings. The van der Waals surface area contributed by atoms with Crippen molar-refractivity contribution in [2.45, 2.75) is 13.5 Å². The van der Waals surface area contributed by atoms with Gasteiger partial charge in [-0.25, -0.2) is 4.98 Å². The first-order chi connectivity index (χ1) is 14.6. The molecule has 2 heterocycles. The number of hydrogen-bond donors (Lipinski definition) is 2. The maximum absolute atomic E-state index is 5.66. The van der Waals surface area contributed by atoms with Gasteiger partial charge in [0, 0.05) is 63.3 Å². The lowest BCUT2D eigenvalue weighted by Gasteiger charge is -2.34. The molecule has 0 atom stereocenters. The molecule has 9 heteroatoms. The molecule has 8 nitrogen and oxygen atoms in total. The zero-order chi connectivity index (χ0) is 21.3. The third kappa shape index (κ3) is 6.86. The van der Waals surface area contributed by atoms with Gasteiger partial charge in [0.05, 0.1) is 13.7 Å². The van der Waals surface area contributed by atoms with Gasteiger partial charge in [-0.2, -0.15) is 0 Å². The number of ether oxygens (including phenoxy) is 2. The van der Waals surface area contributed by atoms with Crippen LogP contribution in [0.3, 0.4) is 0 Å². The van der Waals surface area contributed by atoms with Crippen molar-refractivity contribution in [2.75, 3.05) is 64.2 Å². The minimum Gasteiger partial charge on any atom is -0.493 e. The molecule has 0 radical (unpaired) electrons. The molecule has 0 spiro atoms. The molecule has 2 aromatic rings. The fraction of sp³-hybridized carbons (Fsp3) is 0.455. The highest BCUT2D eigenvalue weighted by Gasteiger charge is 2.18. The molecular formula is C22H33IN6O2. The second-order valence-electron chi connectivity index (χ2n) is 7.13. The monoisotopic (exact) mass is 540 g/mol. The normalized spacial score (nSPS) is 14.6. The van der Waals surface area contributed by atoms with Gasteiger partial charge in [0.2, 0.25) is 0 Å². The number of benzene rings is 1. The number of aliphatic imine (C=N–C) groups is 1. The van der Waals surface area contributed by atoms with Crippen LogP contribution in [0, 0.1) is 0 Å². The number of pyridine rings is 1. The van der Waals surface area contributed by atoms with Gasteiger partial charge in [0.15, 0.2) is 17.5 Å². The van der Waals surface area contributed by atoms with Gasteiger partial charge >= 0.3 is 0 Å². The topological polar surface area (TPSA) is 74.2 Å². The SMILES string of the molecule is CCOc1cc(NC(=NC)NCc2cccnc2N2CCN(C)CC2)ccc1OC.I. The first-order valence-corrected chi connectivity index (χ1v) is 10.3. The molecule has 1 aromatic heterocycles. The summed E-state index contributed by atoms with van der Waals surface area (Å²) in [4.78, 5) is 13.7. The van der Waals surface area contributed by atoms with Gasteiger partial charge in [0.25, 0.3) is 0 Å². The second kappa shape index (κ2) is 12.6. The number of anilines is 2. The Morgan fingerprint density at radius 3 is 2.61 bits per heavy atom. The third-order valence-electron chi connectivity index (χ3n) is 5.07. The first-order valence-electron chi connectivity index (χ1n) is 10.3. The Labute approximate surface area is 202 Å². The second-order valence-corrected chi connectivity index (χ2v) is 7.13. The summed E-state index contributed by atoms with van der Waals surface area (Å²) >= 11 is 0. The fourth-order valence-electron chi connectivity index (χ4n) is 3.39. The van der Waals surface area contributed by atoms with E-state index < -0.39 is 0 Å². The summed E-state index contributed by atoms with van der Waals surface area (Å²) in [6, 6.07) is 9.82. The molecule has 1 saturated heterocycles. The van der Waals surface area contributed by atoms with E-state index in [0.717, 1.165) is 43.2 Å². The van der Waals surface area contributed by atoms with E-state index in [0.29, 0.717) is 30.6 Å². The number of rotatable bonds is 7. The zero-order valence-electron chi connectivity index (χ0n) is 18.7. The number of hydrogen-bond acceptors (Lipinski definition) is 6. The van der Waals surface area contributed by atoms with E-state index in [1.54, 1.807) is 14.2 Å². The molecular weight excluding hydrogens is 507 g/mol. The minimum atomic E-state index is 0. The highest BCUT2D eigenvalue weighted by molar-refractivity contribution is 14.0. The standard InChI is InChI=1S/C22H32N6O2.HI/c1-5-30-20-15-18(8-9-19(20)29-4)26-22(23-2)25-16-17-7-6-10-24-21(17)28-13-11-27(3)12-14-28;/h6-10,15H,5,11-14,16H2,1-4H3,(H2,23,25,26);1H. The van der Waals surface area contributed by atoms with E-state index in [-0.39, 0.29) is 24.0 Å². The van der Waals surface area contributed by atoms with Crippen LogP contribution in [0.2, 0.25) is 0 Å². The van der Waals surface area contributed by atoms with Gasteiger partial charge in [-0.05, 0) is 32.2 Å². The van der Waals surface area contributed by atoms with E-state index in [4.69, 9.17) is 9.47 Å². The third-order valence-corrected chi connectivity index (χ3v) is 5.07. The van der Waals surface area contributed by atoms with Crippen LogP contribution in [0.25, 0.3) is 0 Å². The molecule has 1 aromatic carbocycles. The Hall–Kier alpha value is -2.27. The Kier molecular flexibility index (Phi) is 10.1. The lowest BCUT2D eigenvalue weighted by atomic mass is 10.2. The highest BCUT2D eigenvalue weighted by Crippen LogP contribution is 2.30. The van der Waals surface area contributed by atoms with Crippen LogP contribution in [0.5, 0.6) is 11.5 Å². The molecule has 1 fully saturated rings. The van der Waals surface area contributed by atoms with Crippen molar-refractivity contribution in [1.82, 2.24) is 15.2 Å². The van der Waals surface area contributed by atoms with Crippen molar-refractivity contribution in [2.24, 2.45) is 4.99 Å². The predicted molar refractivity (Wildman–Crippen MR) is 137 cm³/mol. The predicted octanol–water partition coefficient (Wildman–Crippen LogP) is 3.05. The fourth-order valence-corrected chi connectivity index (χ4v) is 3.39. The average molecular weight is 540 g/mol. The van der Waals surface area contributed by atoms with Crippen LogP contribution in [0.15, 0.2) is 41.5 Å². The molecule has 0 bridgehead atoms. The molecule has 31 heavy (non-hydrogen) atoms. The van der Waals surface area contributed by atoms with Gasteiger partial charge in [-0.3, -0.25) is 4.99 Å². The number of methoxy groups -OCH3 is 1. The number of halogens is 1. The van der Waals surface area contributed by atoms with E-state index in [2.05, 4.69) is 43.5 Å². The molecule has 0 aliphatic carbocycles. The number of nitrogens with one attached hydrogen (secondary N) is 2. The summed E-state index contributed by atoms with van der Waals surface area (Å²) in [7, 11) is 5.55. The summed E-state index contributed by atoms with van der Waals surface area (Å²) < 4.78 is 11.0. The van der Waals surface area contributed by atoms with Crippen LogP contribution in [-0.4, -0.2) is 69.8 Å². The van der Waals surface area contributed by atoms with E-state index in [9.17, 15) is 0 Å². The lowest BCUT2D eigenvalue weighted by Crippen LogP contribution is -2.45. The summed E-state index contributed by atoms with van der Waals surface area (Å²) in [6.07, 6.45) is 1.86. The largest absolute Gasteiger partial charge is 0.493 e. The molecule has 0 saturated carbocycles. The van der Waals surface area contributed by atoms with Crippen molar-refractivity contribution in [3.05, 3.63) is 42.1 Å². The van der Waals surface area contributed by atoms with Crippen LogP contribution in [0.4, 0.5) is 11.5 Å². The van der Waals surface area contributed by atoms with Crippen LogP contribution in [0.1, 0.15) is 12.5 Å². The average Bonchev–Trinajstić information content (AvgIpc) is 2.78. The summed E-state index contributed by atoms with van der Waals surface area (Å²) in [5.41, 5.74) is 2.02. The Morgan fingerprint density at radius 2 is 1.94 bits per heavy atom. The summed E-state index contributed by atoms with van der Waals surface area (Å²) in [5, 5.41) is 6.71. The van der Waals surface area contributed by atoms with E-state index in [1.807, 2.05) is 37.4 Å². The van der Waals surface area contributed by atoms with Gasteiger partial charge in [-0.15, -0.1) is 24.0 Å². The van der Waals surface area contributed by atoms with Crippen molar-refractivity contribution in [1.29, 1.82) is 0 Å². The Morgan fingerprint density at radius 1 is 1.16 bits per heavy atom. The maximum atomic E-state index is 5.66. The van der Waals surface area contributed by atoms with Crippen molar-refractivity contribution in [3.8, 4) is 11.5 Å². The minimum absolute atomic E-state index is 0. The molecule has 0 amide bonds. The molecule has 170 valence electrons. The summed E-state index contributed by atoms with van der Waals surface area (Å²) in [5.74, 6) is 3.12. The van der Waals surface area contributed by atoms with E-state index in [1.165, 1.54) is 0 Å². The zero-order valence-corrected chi connectivity index (χ0v) is 21.1. The smallest absolute Gasteiger partial charge is 0.195 e. The molecule has 0 unspecified atom stereocenters. The Balaban J connectivity index is 0.00000341. The van der Waals surface area contributed by atoms with Crippen molar-refractivity contribution < 1.29 is 9.47 Å². The van der Waals surface area contributed by atoms with Crippen molar-refractivity contribution >= 4 is 41.4 Å². The van der Waals surface area contributed by atoms with Gasteiger partial charge < -0.3 is 29.9 Å². The van der Waals surface area contributed by atoms with Gasteiger partial charge in [-0.1, -0.05) is 6.07 Å². The maximum Gasteiger partial charge on any atom is 0.195 e. The van der Waals surface area contributed by atoms with Crippen LogP contribution >= 0.6 is 24.0 Å². The lowest BCUT2D eigenvalue weighted by molar-refractivity contribution is 0.311. The molecule has 2 N–H and O–H groups in total. The highest BCUT2D eigenvalue weighted by atomic mass is 127. The number of guanidine groups is 1. The molecule has 3 rings (SSSR count). The van der Waals surface area contributed by atoms with Gasteiger partial charge in [0.1, 0.15) is 5.82 Å². The first kappa shape index (κ1) is 25.0. The number of nitrogens with zero attached hydrogens (tertiary/aromatic N) is 4. The van der Waals surface area contributed by atoms with E-state index >= 15 is 0 Å².